The van der Waals surface area contributed by atoms with Gasteiger partial charge in [-0.3, -0.25) is 9.20 Å². The number of aromatic nitrogens is 4. The first-order valence-corrected chi connectivity index (χ1v) is 8.69. The Morgan fingerprint density at radius 1 is 1.38 bits per heavy atom. The molecule has 124 valence electrons. The molecule has 1 amide bonds. The van der Waals surface area contributed by atoms with Crippen molar-refractivity contribution in [3.63, 3.8) is 0 Å². The fourth-order valence-corrected chi connectivity index (χ4v) is 2.70. The molecular formula is C16H17N5O2S. The van der Waals surface area contributed by atoms with Gasteiger partial charge in [-0.25, -0.2) is 4.98 Å². The van der Waals surface area contributed by atoms with Crippen LogP contribution in [-0.2, 0) is 6.54 Å². The average Bonchev–Trinajstić information content (AvgIpc) is 3.04. The van der Waals surface area contributed by atoms with Crippen LogP contribution in [0.4, 0.5) is 0 Å². The van der Waals surface area contributed by atoms with Gasteiger partial charge in [-0.15, -0.1) is 22.0 Å². The van der Waals surface area contributed by atoms with Crippen LogP contribution in [-0.4, -0.2) is 38.4 Å². The minimum Gasteiger partial charge on any atom is -0.475 e. The molecule has 7 nitrogen and oxygen atoms in total. The Hall–Kier alpha value is -2.61. The molecule has 0 spiro atoms. The number of carbonyl (C=O) groups is 1. The highest BCUT2D eigenvalue weighted by Crippen LogP contribution is 2.16. The van der Waals surface area contributed by atoms with Crippen LogP contribution in [0.3, 0.4) is 0 Å². The molecule has 0 aliphatic heterocycles. The smallest absolute Gasteiger partial charge is 0.260 e. The Kier molecular flexibility index (Phi) is 4.95. The summed E-state index contributed by atoms with van der Waals surface area (Å²) in [5.41, 5.74) is 1.15. The van der Waals surface area contributed by atoms with Gasteiger partial charge >= 0.3 is 0 Å². The Balaban J connectivity index is 1.76. The van der Waals surface area contributed by atoms with Gasteiger partial charge in [0.2, 0.25) is 5.65 Å². The van der Waals surface area contributed by atoms with Crippen LogP contribution in [0.5, 0.6) is 5.88 Å². The number of thioether (sulfide) groups is 1. The summed E-state index contributed by atoms with van der Waals surface area (Å²) < 4.78 is 7.19. The maximum atomic E-state index is 12.3. The van der Waals surface area contributed by atoms with Crippen molar-refractivity contribution in [3.05, 3.63) is 48.0 Å². The first kappa shape index (κ1) is 16.3. The number of benzene rings is 1. The van der Waals surface area contributed by atoms with Gasteiger partial charge in [0.25, 0.3) is 11.8 Å². The Labute approximate surface area is 143 Å². The van der Waals surface area contributed by atoms with E-state index in [1.54, 1.807) is 34.6 Å². The fourth-order valence-electron chi connectivity index (χ4n) is 2.24. The van der Waals surface area contributed by atoms with Gasteiger partial charge in [-0.05, 0) is 31.4 Å². The van der Waals surface area contributed by atoms with Crippen molar-refractivity contribution in [2.75, 3.05) is 12.9 Å². The number of carbonyl (C=O) groups excluding carboxylic acids is 1. The highest BCUT2D eigenvalue weighted by atomic mass is 32.2. The minimum absolute atomic E-state index is 0.151. The highest BCUT2D eigenvalue weighted by molar-refractivity contribution is 7.98. The van der Waals surface area contributed by atoms with E-state index in [1.807, 2.05) is 31.4 Å². The quantitative estimate of drug-likeness (QED) is 0.691. The topological polar surface area (TPSA) is 81.4 Å². The lowest BCUT2D eigenvalue weighted by Gasteiger charge is -2.06. The molecule has 3 rings (SSSR count). The second kappa shape index (κ2) is 7.31. The summed E-state index contributed by atoms with van der Waals surface area (Å²) in [6, 6.07) is 7.48. The Morgan fingerprint density at radius 3 is 3.04 bits per heavy atom. The predicted octanol–water partition coefficient (Wildman–Crippen LogP) is 2.17. The Morgan fingerprint density at radius 2 is 2.25 bits per heavy atom. The molecule has 1 aromatic carbocycles. The molecule has 24 heavy (non-hydrogen) atoms. The van der Waals surface area contributed by atoms with Gasteiger partial charge in [-0.1, -0.05) is 6.07 Å². The standard InChI is InChI=1S/C16H17N5O2S/c1-3-23-16-14-20-19-13(21(14)8-7-17-16)10-18-15(22)11-5-4-6-12(9-11)24-2/h4-9H,3,10H2,1-2H3,(H,18,22). The number of ether oxygens (including phenoxy) is 1. The van der Waals surface area contributed by atoms with Crippen molar-refractivity contribution in [1.82, 2.24) is 24.9 Å². The summed E-state index contributed by atoms with van der Waals surface area (Å²) in [6.45, 7) is 2.64. The van der Waals surface area contributed by atoms with E-state index in [4.69, 9.17) is 4.74 Å². The summed E-state index contributed by atoms with van der Waals surface area (Å²) in [5.74, 6) is 0.891. The monoisotopic (exact) mass is 343 g/mol. The van der Waals surface area contributed by atoms with E-state index in [-0.39, 0.29) is 12.5 Å². The van der Waals surface area contributed by atoms with Crippen LogP contribution >= 0.6 is 11.8 Å². The van der Waals surface area contributed by atoms with E-state index in [0.29, 0.717) is 29.5 Å². The van der Waals surface area contributed by atoms with Gasteiger partial charge in [0.1, 0.15) is 0 Å². The minimum atomic E-state index is -0.151. The molecule has 0 aliphatic carbocycles. The van der Waals surface area contributed by atoms with Crippen molar-refractivity contribution < 1.29 is 9.53 Å². The predicted molar refractivity (Wildman–Crippen MR) is 91.3 cm³/mol. The number of hydrogen-bond acceptors (Lipinski definition) is 6. The summed E-state index contributed by atoms with van der Waals surface area (Å²) in [4.78, 5) is 17.5. The van der Waals surface area contributed by atoms with Gasteiger partial charge in [0.15, 0.2) is 5.82 Å². The van der Waals surface area contributed by atoms with Gasteiger partial charge < -0.3 is 10.1 Å². The van der Waals surface area contributed by atoms with Crippen molar-refractivity contribution in [3.8, 4) is 5.88 Å². The maximum absolute atomic E-state index is 12.3. The molecule has 2 aromatic heterocycles. The molecule has 0 fully saturated rings. The summed E-state index contributed by atoms with van der Waals surface area (Å²) in [7, 11) is 0. The lowest BCUT2D eigenvalue weighted by molar-refractivity contribution is 0.0949. The lowest BCUT2D eigenvalue weighted by atomic mass is 10.2. The van der Waals surface area contributed by atoms with Crippen LogP contribution in [0.25, 0.3) is 5.65 Å². The first-order chi connectivity index (χ1) is 11.7. The van der Waals surface area contributed by atoms with Crippen LogP contribution in [0.15, 0.2) is 41.6 Å². The summed E-state index contributed by atoms with van der Waals surface area (Å²) in [5, 5.41) is 11.1. The van der Waals surface area contributed by atoms with Gasteiger partial charge in [0, 0.05) is 22.9 Å². The average molecular weight is 343 g/mol. The molecule has 0 atom stereocenters. The summed E-state index contributed by atoms with van der Waals surface area (Å²) in [6.07, 6.45) is 5.34. The zero-order valence-electron chi connectivity index (χ0n) is 13.4. The number of fused-ring (bicyclic) bond motifs is 1. The van der Waals surface area contributed by atoms with Crippen LogP contribution in [0.2, 0.25) is 0 Å². The number of nitrogens with one attached hydrogen (secondary N) is 1. The Bertz CT molecular complexity index is 865. The molecular weight excluding hydrogens is 326 g/mol. The van der Waals surface area contributed by atoms with E-state index in [0.717, 1.165) is 4.90 Å². The second-order valence-electron chi connectivity index (χ2n) is 4.89. The lowest BCUT2D eigenvalue weighted by Crippen LogP contribution is -2.24. The number of amides is 1. The van der Waals surface area contributed by atoms with Gasteiger partial charge in [-0.2, -0.15) is 0 Å². The zero-order valence-corrected chi connectivity index (χ0v) is 14.2. The van der Waals surface area contributed by atoms with Crippen molar-refractivity contribution in [1.29, 1.82) is 0 Å². The van der Waals surface area contributed by atoms with Crippen LogP contribution < -0.4 is 10.1 Å². The van der Waals surface area contributed by atoms with E-state index in [9.17, 15) is 4.79 Å². The van der Waals surface area contributed by atoms with Crippen molar-refractivity contribution in [2.45, 2.75) is 18.4 Å². The molecule has 8 heteroatoms. The summed E-state index contributed by atoms with van der Waals surface area (Å²) >= 11 is 1.60. The molecule has 0 aliphatic rings. The molecule has 1 N–H and O–H groups in total. The molecule has 0 saturated heterocycles. The van der Waals surface area contributed by atoms with E-state index in [2.05, 4.69) is 20.5 Å². The normalized spacial score (nSPS) is 10.8. The van der Waals surface area contributed by atoms with Crippen molar-refractivity contribution in [2.24, 2.45) is 0 Å². The highest BCUT2D eigenvalue weighted by Gasteiger charge is 2.13. The third-order valence-corrected chi connectivity index (χ3v) is 4.11. The zero-order chi connectivity index (χ0) is 16.9. The second-order valence-corrected chi connectivity index (χ2v) is 5.77. The molecule has 0 radical (unpaired) electrons. The fraction of sp³-hybridized carbons (Fsp3) is 0.250. The van der Waals surface area contributed by atoms with Crippen molar-refractivity contribution >= 4 is 23.3 Å². The SMILES string of the molecule is CCOc1nccn2c(CNC(=O)c3cccc(SC)c3)nnc12. The van der Waals surface area contributed by atoms with Crippen LogP contribution in [0, 0.1) is 0 Å². The largest absolute Gasteiger partial charge is 0.475 e. The van der Waals surface area contributed by atoms with E-state index < -0.39 is 0 Å². The first-order valence-electron chi connectivity index (χ1n) is 7.46. The van der Waals surface area contributed by atoms with E-state index in [1.165, 1.54) is 0 Å². The molecule has 0 saturated carbocycles. The number of nitrogens with zero attached hydrogens (tertiary/aromatic N) is 4. The van der Waals surface area contributed by atoms with E-state index >= 15 is 0 Å². The molecule has 0 unspecified atom stereocenters. The maximum Gasteiger partial charge on any atom is 0.260 e. The molecule has 2 heterocycles. The number of rotatable bonds is 6. The number of hydrogen-bond donors (Lipinski definition) is 1. The third kappa shape index (κ3) is 3.33. The molecule has 0 bridgehead atoms. The third-order valence-electron chi connectivity index (χ3n) is 3.39. The van der Waals surface area contributed by atoms with Gasteiger partial charge in [0.05, 0.1) is 13.2 Å². The molecule has 3 aromatic rings. The van der Waals surface area contributed by atoms with Crippen LogP contribution in [0.1, 0.15) is 23.1 Å².